The average Bonchev–Trinajstić information content (AvgIpc) is 2.36. The molecule has 0 saturated heterocycles. The third-order valence-corrected chi connectivity index (χ3v) is 2.93. The van der Waals surface area contributed by atoms with E-state index in [1.165, 1.54) is 6.08 Å². The van der Waals surface area contributed by atoms with E-state index < -0.39 is 5.91 Å². The van der Waals surface area contributed by atoms with Gasteiger partial charge in [-0.15, -0.1) is 0 Å². The summed E-state index contributed by atoms with van der Waals surface area (Å²) in [6.45, 7) is 3.60. The number of benzene rings is 1. The van der Waals surface area contributed by atoms with Gasteiger partial charge in [-0.1, -0.05) is 42.0 Å². The van der Waals surface area contributed by atoms with E-state index in [0.29, 0.717) is 6.42 Å². The lowest BCUT2D eigenvalue weighted by molar-refractivity contribution is -0.118. The highest BCUT2D eigenvalue weighted by molar-refractivity contribution is 6.28. The molecule has 0 spiro atoms. The van der Waals surface area contributed by atoms with Crippen LogP contribution in [-0.4, -0.2) is 17.4 Å². The Labute approximate surface area is 112 Å². The molecule has 19 heavy (non-hydrogen) atoms. The maximum atomic E-state index is 12.1. The number of carbonyl (C=O) groups excluding carboxylic acids is 2. The molecule has 0 aromatic heterocycles. The number of dihydropyridines is 1. The maximum absolute atomic E-state index is 12.1. The Balaban J connectivity index is 2.19. The highest BCUT2D eigenvalue weighted by atomic mass is 16.2. The van der Waals surface area contributed by atoms with Gasteiger partial charge in [0.2, 0.25) is 0 Å². The first kappa shape index (κ1) is 13.1. The van der Waals surface area contributed by atoms with Crippen LogP contribution < -0.4 is 0 Å². The number of ketones is 1. The fourth-order valence-electron chi connectivity index (χ4n) is 2.06. The molecule has 96 valence electrons. The lowest BCUT2D eigenvalue weighted by Crippen LogP contribution is -2.18. The smallest absolute Gasteiger partial charge is 0.280 e. The largest absolute Gasteiger partial charge is 0.289 e. The van der Waals surface area contributed by atoms with Gasteiger partial charge >= 0.3 is 0 Å². The molecule has 1 aromatic rings. The number of hydrogen-bond donors (Lipinski definition) is 0. The van der Waals surface area contributed by atoms with Crippen molar-refractivity contribution in [3.63, 3.8) is 0 Å². The van der Waals surface area contributed by atoms with Crippen LogP contribution in [0.4, 0.5) is 0 Å². The summed E-state index contributed by atoms with van der Waals surface area (Å²) >= 11 is 0. The molecular formula is C16H15NO2. The van der Waals surface area contributed by atoms with Crippen LogP contribution in [0.3, 0.4) is 0 Å². The second-order valence-corrected chi connectivity index (χ2v) is 4.59. The highest BCUT2D eigenvalue weighted by Crippen LogP contribution is 2.18. The van der Waals surface area contributed by atoms with Crippen molar-refractivity contribution in [1.82, 2.24) is 0 Å². The Bertz CT molecular complexity index is 607. The van der Waals surface area contributed by atoms with Crippen LogP contribution in [0.25, 0.3) is 6.08 Å². The molecule has 1 heterocycles. The number of aliphatic imine (C=N–C) groups is 1. The third kappa shape index (κ3) is 3.13. The van der Waals surface area contributed by atoms with E-state index in [9.17, 15) is 9.59 Å². The second kappa shape index (κ2) is 5.57. The van der Waals surface area contributed by atoms with Gasteiger partial charge in [-0.05, 0) is 25.5 Å². The van der Waals surface area contributed by atoms with Crippen molar-refractivity contribution in [3.05, 3.63) is 53.1 Å². The Morgan fingerprint density at radius 2 is 1.89 bits per heavy atom. The number of allylic oxidation sites excluding steroid dienone is 2. The van der Waals surface area contributed by atoms with E-state index in [0.717, 1.165) is 16.8 Å². The van der Waals surface area contributed by atoms with E-state index in [1.807, 2.05) is 30.3 Å². The van der Waals surface area contributed by atoms with Crippen molar-refractivity contribution in [2.45, 2.75) is 20.3 Å². The third-order valence-electron chi connectivity index (χ3n) is 2.93. The molecule has 0 saturated carbocycles. The predicted molar refractivity (Wildman–Crippen MR) is 75.9 cm³/mol. The van der Waals surface area contributed by atoms with Crippen LogP contribution >= 0.6 is 0 Å². The van der Waals surface area contributed by atoms with Gasteiger partial charge in [-0.25, -0.2) is 4.99 Å². The summed E-state index contributed by atoms with van der Waals surface area (Å²) in [5.74, 6) is -0.702. The summed E-state index contributed by atoms with van der Waals surface area (Å²) in [5.41, 5.74) is 2.68. The van der Waals surface area contributed by atoms with Crippen molar-refractivity contribution in [2.75, 3.05) is 0 Å². The molecule has 3 nitrogen and oxygen atoms in total. The molecule has 2 rings (SSSR count). The van der Waals surface area contributed by atoms with E-state index >= 15 is 0 Å². The van der Waals surface area contributed by atoms with Gasteiger partial charge in [0.25, 0.3) is 5.91 Å². The number of hydrogen-bond acceptors (Lipinski definition) is 2. The lowest BCUT2D eigenvalue weighted by Gasteiger charge is -2.12. The number of carbonyl (C=O) groups is 2. The van der Waals surface area contributed by atoms with Crippen LogP contribution in [0.2, 0.25) is 0 Å². The first-order valence-electron chi connectivity index (χ1n) is 6.13. The molecule has 0 unspecified atom stereocenters. The quantitative estimate of drug-likeness (QED) is 0.614. The number of amides is 1. The van der Waals surface area contributed by atoms with Crippen LogP contribution in [0.15, 0.2) is 52.5 Å². The first-order chi connectivity index (χ1) is 9.08. The zero-order valence-corrected chi connectivity index (χ0v) is 11.0. The predicted octanol–water partition coefficient (Wildman–Crippen LogP) is 2.98. The Hall–Kier alpha value is -2.29. The molecule has 0 fully saturated rings. The molecule has 1 amide bonds. The Morgan fingerprint density at radius 1 is 1.21 bits per heavy atom. The van der Waals surface area contributed by atoms with Gasteiger partial charge in [-0.2, -0.15) is 0 Å². The molecule has 0 bridgehead atoms. The minimum Gasteiger partial charge on any atom is -0.289 e. The van der Waals surface area contributed by atoms with E-state index in [4.69, 9.17) is 0 Å². The van der Waals surface area contributed by atoms with Gasteiger partial charge in [0.1, 0.15) is 0 Å². The van der Waals surface area contributed by atoms with Crippen molar-refractivity contribution in [2.24, 2.45) is 4.99 Å². The molecule has 1 aromatic carbocycles. The number of rotatable bonds is 3. The highest BCUT2D eigenvalue weighted by Gasteiger charge is 2.22. The standard InChI is InChI=1S/C16H15NO2/c1-11-10-12(2)17-16(19)15(11)14(18)9-8-13-6-4-3-5-7-13/h3-9H,10H2,1-2H3/b9-8+. The van der Waals surface area contributed by atoms with Gasteiger partial charge < -0.3 is 0 Å². The molecule has 0 atom stereocenters. The molecule has 1 aliphatic heterocycles. The fourth-order valence-corrected chi connectivity index (χ4v) is 2.06. The van der Waals surface area contributed by atoms with E-state index in [1.54, 1.807) is 19.9 Å². The van der Waals surface area contributed by atoms with Crippen LogP contribution in [0, 0.1) is 0 Å². The molecule has 0 N–H and O–H groups in total. The minimum absolute atomic E-state index is 0.206. The molecular weight excluding hydrogens is 238 g/mol. The summed E-state index contributed by atoms with van der Waals surface area (Å²) in [7, 11) is 0. The second-order valence-electron chi connectivity index (χ2n) is 4.59. The molecule has 3 heteroatoms. The van der Waals surface area contributed by atoms with Gasteiger partial charge in [0.05, 0.1) is 5.57 Å². The summed E-state index contributed by atoms with van der Waals surface area (Å²) in [6, 6.07) is 9.50. The van der Waals surface area contributed by atoms with Crippen molar-refractivity contribution >= 4 is 23.5 Å². The Morgan fingerprint density at radius 3 is 2.53 bits per heavy atom. The van der Waals surface area contributed by atoms with Crippen molar-refractivity contribution < 1.29 is 9.59 Å². The van der Waals surface area contributed by atoms with Crippen LogP contribution in [-0.2, 0) is 9.59 Å². The van der Waals surface area contributed by atoms with E-state index in [2.05, 4.69) is 4.99 Å². The van der Waals surface area contributed by atoms with E-state index in [-0.39, 0.29) is 11.4 Å². The zero-order valence-electron chi connectivity index (χ0n) is 11.0. The van der Waals surface area contributed by atoms with Crippen LogP contribution in [0.5, 0.6) is 0 Å². The first-order valence-corrected chi connectivity index (χ1v) is 6.13. The number of nitrogens with zero attached hydrogens (tertiary/aromatic N) is 1. The summed E-state index contributed by atoms with van der Waals surface area (Å²) in [6.07, 6.45) is 3.73. The normalized spacial score (nSPS) is 15.9. The topological polar surface area (TPSA) is 46.5 Å². The summed E-state index contributed by atoms with van der Waals surface area (Å²) in [4.78, 5) is 27.7. The Kier molecular flexibility index (Phi) is 3.85. The average molecular weight is 253 g/mol. The summed E-state index contributed by atoms with van der Waals surface area (Å²) < 4.78 is 0. The van der Waals surface area contributed by atoms with Crippen molar-refractivity contribution in [1.29, 1.82) is 0 Å². The minimum atomic E-state index is -0.427. The fraction of sp³-hybridized carbons (Fsp3) is 0.188. The molecule has 0 radical (unpaired) electrons. The summed E-state index contributed by atoms with van der Waals surface area (Å²) in [5, 5.41) is 0. The van der Waals surface area contributed by atoms with Crippen molar-refractivity contribution in [3.8, 4) is 0 Å². The van der Waals surface area contributed by atoms with Crippen LogP contribution in [0.1, 0.15) is 25.8 Å². The SMILES string of the molecule is CC1=NC(=O)C(C(=O)/C=C/c2ccccc2)=C(C)C1. The van der Waals surface area contributed by atoms with Gasteiger partial charge in [0.15, 0.2) is 5.78 Å². The monoisotopic (exact) mass is 253 g/mol. The zero-order chi connectivity index (χ0) is 13.8. The lowest BCUT2D eigenvalue weighted by atomic mass is 9.97. The van der Waals surface area contributed by atoms with Gasteiger partial charge in [0, 0.05) is 12.1 Å². The molecule has 1 aliphatic rings. The van der Waals surface area contributed by atoms with Gasteiger partial charge in [-0.3, -0.25) is 9.59 Å². The molecule has 0 aliphatic carbocycles. The maximum Gasteiger partial charge on any atom is 0.280 e.